The van der Waals surface area contributed by atoms with Gasteiger partial charge in [0.25, 0.3) is 0 Å². The van der Waals surface area contributed by atoms with Gasteiger partial charge in [0.15, 0.2) is 17.5 Å². The summed E-state index contributed by atoms with van der Waals surface area (Å²) in [5.74, 6) is 2.14. The predicted molar refractivity (Wildman–Crippen MR) is 610 cm³/mol. The maximum atomic E-state index is 9.29. The van der Waals surface area contributed by atoms with Gasteiger partial charge in [-0.15, -0.1) is 0 Å². The van der Waals surface area contributed by atoms with Crippen LogP contribution in [0.25, 0.3) is 191 Å². The number of fused-ring (bicyclic) bond motifs is 6. The molecule has 0 saturated heterocycles. The van der Waals surface area contributed by atoms with E-state index < -0.39 is 14.2 Å². The Labute approximate surface area is 873 Å². The first-order chi connectivity index (χ1) is 71.7. The van der Waals surface area contributed by atoms with Crippen LogP contribution in [0.15, 0.2) is 504 Å². The average Bonchev–Trinajstić information content (AvgIpc) is 1.58. The summed E-state index contributed by atoms with van der Waals surface area (Å²) >= 11 is 18.0. The van der Waals surface area contributed by atoms with Crippen molar-refractivity contribution in [2.75, 3.05) is 0 Å². The number of benzene rings is 19. The number of aromatic nitrogens is 6. The molecule has 147 heavy (non-hydrogen) atoms. The second-order valence-electron chi connectivity index (χ2n) is 37.3. The number of rotatable bonds is 17. The Morgan fingerprint density at radius 1 is 0.163 bits per heavy atom. The van der Waals surface area contributed by atoms with Crippen LogP contribution < -0.4 is 10.9 Å². The minimum Gasteiger partial charge on any atom is -0.423 e. The van der Waals surface area contributed by atoms with E-state index in [9.17, 15) is 10.0 Å². The Morgan fingerprint density at radius 2 is 0.374 bits per heavy atom. The molecule has 708 valence electrons. The highest BCUT2D eigenvalue weighted by Crippen LogP contribution is 2.51. The molecular formula is C132H99B2Cl3N6O4. The molecule has 3 heterocycles. The quantitative estimate of drug-likeness (QED) is 0.0647. The second kappa shape index (κ2) is 44.2. The number of hydrogen-bond acceptors (Lipinski definition) is 10. The standard InChI is InChI=1S/C49H36N2.C34H23ClN2.C28H19ClN2.C15H15BO2.C6H6BClO2/c1-49(2)44-25-10-9-24-42(44)43-31-40(26-27-45(43)49)38-21-12-19-36(29-38)35-18-11-20-37(28-35)39-22-13-23-41(30-39)47-32-46(33-14-5-3-6-15-33)50-48(51-47)34-16-7-4-8-17-34;35-31-19-9-17-29(22-31)27-15-7-14-26(20-27)28-16-8-18-30(21-28)33-23-32(24-10-3-1-4-11-24)36-34(37-33)25-12-5-2-6-13-25;29-25-16-8-14-23(18-25)22-13-7-15-24(17-22)27-19-26(20-9-3-1-4-10-20)30-28(31-27)21-11-5-2-6-12-21;1-15(2)13-6-4-3-5-11(13)12-9-10(16(17)18)7-8-14(12)15;8-6-3-1-2-5(4-6)7(9)10/h3-32H,1-2H3;1-23H;1-19H;3-9,17-18H,1-2H3;1-4,9-10H. The van der Waals surface area contributed by atoms with Gasteiger partial charge in [0, 0.05) is 76.0 Å². The molecule has 0 unspecified atom stereocenters. The van der Waals surface area contributed by atoms with Crippen LogP contribution >= 0.6 is 34.8 Å². The summed E-state index contributed by atoms with van der Waals surface area (Å²) in [6, 6.07) is 171. The van der Waals surface area contributed by atoms with E-state index in [0.29, 0.717) is 27.6 Å². The molecule has 0 atom stereocenters. The zero-order chi connectivity index (χ0) is 101. The van der Waals surface area contributed by atoms with Gasteiger partial charge in [-0.05, 0) is 219 Å². The molecule has 19 aromatic carbocycles. The van der Waals surface area contributed by atoms with Gasteiger partial charge in [-0.25, -0.2) is 29.9 Å². The van der Waals surface area contributed by atoms with Crippen molar-refractivity contribution in [3.05, 3.63) is 541 Å². The summed E-state index contributed by atoms with van der Waals surface area (Å²) in [6.07, 6.45) is 0. The topological polar surface area (TPSA) is 158 Å². The Bertz CT molecular complexity index is 8310. The van der Waals surface area contributed by atoms with E-state index in [4.69, 9.17) is 74.8 Å². The normalized spacial score (nSPS) is 11.9. The van der Waals surface area contributed by atoms with Crippen LogP contribution in [0.4, 0.5) is 0 Å². The summed E-state index contributed by atoms with van der Waals surface area (Å²) in [4.78, 5) is 29.7. The van der Waals surface area contributed by atoms with Gasteiger partial charge in [-0.2, -0.15) is 0 Å². The van der Waals surface area contributed by atoms with E-state index in [0.717, 1.165) is 150 Å². The Kier molecular flexibility index (Phi) is 29.4. The highest BCUT2D eigenvalue weighted by atomic mass is 35.5. The molecule has 0 radical (unpaired) electrons. The molecule has 2 aliphatic rings. The zero-order valence-electron chi connectivity index (χ0n) is 81.2. The van der Waals surface area contributed by atoms with Crippen molar-refractivity contribution in [1.29, 1.82) is 0 Å². The van der Waals surface area contributed by atoms with Crippen molar-refractivity contribution in [3.63, 3.8) is 0 Å². The SMILES string of the molecule is CC1(C)c2ccccc2-c2cc(-c3cccc(-c4cccc(-c5cccc(-c6cc(-c7ccccc7)nc(-c7ccccc7)n6)c5)c4)c3)ccc21.CC1(C)c2ccccc2-c2cc(B(O)O)ccc21.Clc1cccc(-c2cccc(-c3cc(-c4ccccc4)nc(-c4ccccc4)n3)c2)c1.Clc1cccc(-c2cccc(-c3cccc(-c4cc(-c5ccccc5)nc(-c5ccccc5)n4)c3)c2)c1.OB(O)c1cccc(Cl)c1. The molecule has 24 rings (SSSR count). The molecule has 15 heteroatoms. The van der Waals surface area contributed by atoms with Gasteiger partial charge >= 0.3 is 14.2 Å². The number of halogens is 3. The molecular weight excluding hydrogens is 1860 g/mol. The molecule has 2 aliphatic carbocycles. The maximum Gasteiger partial charge on any atom is 0.488 e. The minimum absolute atomic E-state index is 0.00583. The van der Waals surface area contributed by atoms with E-state index in [1.165, 1.54) is 67.3 Å². The van der Waals surface area contributed by atoms with Gasteiger partial charge in [0.1, 0.15) is 0 Å². The first-order valence-electron chi connectivity index (χ1n) is 48.8. The summed E-state index contributed by atoms with van der Waals surface area (Å²) in [7, 11) is -2.84. The highest BCUT2D eigenvalue weighted by molar-refractivity contribution is 6.59. The number of hydrogen-bond donors (Lipinski definition) is 4. The van der Waals surface area contributed by atoms with E-state index in [-0.39, 0.29) is 10.8 Å². The van der Waals surface area contributed by atoms with Crippen molar-refractivity contribution < 1.29 is 20.1 Å². The van der Waals surface area contributed by atoms with Crippen molar-refractivity contribution in [3.8, 4) is 191 Å². The third-order valence-corrected chi connectivity index (χ3v) is 27.5. The minimum atomic E-state index is -1.43. The van der Waals surface area contributed by atoms with E-state index in [2.05, 4.69) is 307 Å². The summed E-state index contributed by atoms with van der Waals surface area (Å²) < 4.78 is 0. The van der Waals surface area contributed by atoms with Crippen LogP contribution in [0.3, 0.4) is 0 Å². The lowest BCUT2D eigenvalue weighted by Gasteiger charge is -2.21. The van der Waals surface area contributed by atoms with Crippen molar-refractivity contribution >= 4 is 60.0 Å². The van der Waals surface area contributed by atoms with Crippen LogP contribution in [0.5, 0.6) is 0 Å². The Hall–Kier alpha value is -16.7. The molecule has 4 N–H and O–H groups in total. The molecule has 0 bridgehead atoms. The van der Waals surface area contributed by atoms with Crippen molar-refractivity contribution in [2.45, 2.75) is 38.5 Å². The molecule has 0 fully saturated rings. The van der Waals surface area contributed by atoms with Crippen molar-refractivity contribution in [2.24, 2.45) is 0 Å². The van der Waals surface area contributed by atoms with Gasteiger partial charge in [-0.3, -0.25) is 0 Å². The maximum absolute atomic E-state index is 9.29. The average molecular weight is 1960 g/mol. The fraction of sp³-hybridized carbons (Fsp3) is 0.0455. The van der Waals surface area contributed by atoms with Gasteiger partial charge < -0.3 is 20.1 Å². The monoisotopic (exact) mass is 1960 g/mol. The van der Waals surface area contributed by atoms with Crippen LogP contribution in [-0.4, -0.2) is 64.2 Å². The first kappa shape index (κ1) is 97.7. The fourth-order valence-corrected chi connectivity index (χ4v) is 19.8. The Balaban J connectivity index is 0.000000121. The highest BCUT2D eigenvalue weighted by Gasteiger charge is 2.37. The van der Waals surface area contributed by atoms with Crippen LogP contribution in [-0.2, 0) is 10.8 Å². The molecule has 0 saturated carbocycles. The molecule has 22 aromatic rings. The third kappa shape index (κ3) is 22.5. The Morgan fingerprint density at radius 3 is 0.667 bits per heavy atom. The first-order valence-corrected chi connectivity index (χ1v) is 50.0. The lowest BCUT2D eigenvalue weighted by atomic mass is 9.77. The summed E-state index contributed by atoms with van der Waals surface area (Å²) in [5.41, 5.74) is 39.8. The molecule has 0 aliphatic heterocycles. The summed E-state index contributed by atoms with van der Waals surface area (Å²) in [6.45, 7) is 9.07. The lowest BCUT2D eigenvalue weighted by Crippen LogP contribution is -2.30. The van der Waals surface area contributed by atoms with E-state index in [1.807, 2.05) is 194 Å². The van der Waals surface area contributed by atoms with E-state index >= 15 is 0 Å². The van der Waals surface area contributed by atoms with Crippen LogP contribution in [0.2, 0.25) is 15.1 Å². The van der Waals surface area contributed by atoms with Crippen LogP contribution in [0, 0.1) is 0 Å². The summed E-state index contributed by atoms with van der Waals surface area (Å²) in [5, 5.41) is 37.8. The molecule has 0 amide bonds. The fourth-order valence-electron chi connectivity index (χ4n) is 19.2. The lowest BCUT2D eigenvalue weighted by molar-refractivity contribution is 0.424. The number of nitrogens with zero attached hydrogens (tertiary/aromatic N) is 6. The zero-order valence-corrected chi connectivity index (χ0v) is 83.4. The smallest absolute Gasteiger partial charge is 0.423 e. The largest absolute Gasteiger partial charge is 0.488 e. The van der Waals surface area contributed by atoms with Gasteiger partial charge in [0.05, 0.1) is 34.2 Å². The molecule has 3 aromatic heterocycles. The van der Waals surface area contributed by atoms with Crippen molar-refractivity contribution in [1.82, 2.24) is 29.9 Å². The van der Waals surface area contributed by atoms with Crippen LogP contribution in [0.1, 0.15) is 49.9 Å². The van der Waals surface area contributed by atoms with E-state index in [1.54, 1.807) is 24.3 Å². The predicted octanol–water partition coefficient (Wildman–Crippen LogP) is 31.7. The van der Waals surface area contributed by atoms with Gasteiger partial charge in [0.2, 0.25) is 0 Å². The van der Waals surface area contributed by atoms with Gasteiger partial charge in [-0.1, -0.05) is 469 Å². The third-order valence-electron chi connectivity index (χ3n) is 26.8. The molecule has 0 spiro atoms. The second-order valence-corrected chi connectivity index (χ2v) is 38.6. The molecule has 10 nitrogen and oxygen atoms in total.